The van der Waals surface area contributed by atoms with Crippen LogP contribution in [0.4, 0.5) is 0 Å². The molecule has 0 saturated heterocycles. The Labute approximate surface area is 174 Å². The molecule has 0 heterocycles. The first-order chi connectivity index (χ1) is 13.6. The van der Waals surface area contributed by atoms with Gasteiger partial charge in [-0.25, -0.2) is 0 Å². The second-order valence-electron chi connectivity index (χ2n) is 8.18. The molecule has 1 atom stereocenters. The minimum atomic E-state index is -0.0322. The Morgan fingerprint density at radius 1 is 0.643 bits per heavy atom. The molecule has 0 aromatic heterocycles. The fourth-order valence-electron chi connectivity index (χ4n) is 3.18. The van der Waals surface area contributed by atoms with E-state index in [1.807, 2.05) is 0 Å². The lowest BCUT2D eigenvalue weighted by Crippen LogP contribution is -2.10. The van der Waals surface area contributed by atoms with Gasteiger partial charge in [-0.1, -0.05) is 91.4 Å². The van der Waals surface area contributed by atoms with Gasteiger partial charge in [0.2, 0.25) is 0 Å². The highest BCUT2D eigenvalue weighted by molar-refractivity contribution is 5.69. The molecule has 0 N–H and O–H groups in total. The molecule has 0 bridgehead atoms. The molecule has 0 aliphatic carbocycles. The normalized spacial score (nSPS) is 12.0. The van der Waals surface area contributed by atoms with Gasteiger partial charge < -0.3 is 9.47 Å². The van der Waals surface area contributed by atoms with Crippen molar-refractivity contribution in [1.29, 1.82) is 0 Å². The van der Waals surface area contributed by atoms with Crippen LogP contribution in [0.2, 0.25) is 0 Å². The summed E-state index contributed by atoms with van der Waals surface area (Å²) in [5.41, 5.74) is 0. The van der Waals surface area contributed by atoms with Crippen LogP contribution in [0, 0.1) is 5.92 Å². The van der Waals surface area contributed by atoms with Crippen LogP contribution >= 0.6 is 0 Å². The summed E-state index contributed by atoms with van der Waals surface area (Å²) >= 11 is 0. The summed E-state index contributed by atoms with van der Waals surface area (Å²) in [4.78, 5) is 23.1. The summed E-state index contributed by atoms with van der Waals surface area (Å²) in [5, 5.41) is 0. The number of esters is 2. The van der Waals surface area contributed by atoms with Crippen molar-refractivity contribution in [2.24, 2.45) is 5.92 Å². The first-order valence-corrected chi connectivity index (χ1v) is 11.9. The smallest absolute Gasteiger partial charge is 0.306 e. The van der Waals surface area contributed by atoms with Gasteiger partial charge in [-0.2, -0.15) is 0 Å². The van der Waals surface area contributed by atoms with Gasteiger partial charge in [0.25, 0.3) is 0 Å². The van der Waals surface area contributed by atoms with E-state index in [0.717, 1.165) is 44.9 Å². The molecule has 0 spiro atoms. The molecule has 4 nitrogen and oxygen atoms in total. The second kappa shape index (κ2) is 20.7. The molecule has 1 unspecified atom stereocenters. The zero-order valence-electron chi connectivity index (χ0n) is 18.9. The number of ether oxygens (including phenoxy) is 2. The molecule has 0 aromatic rings. The number of unbranched alkanes of at least 4 members (excludes halogenated alkanes) is 10. The predicted molar refractivity (Wildman–Crippen MR) is 116 cm³/mol. The molecule has 0 aliphatic rings. The molecule has 4 heteroatoms. The topological polar surface area (TPSA) is 52.6 Å². The van der Waals surface area contributed by atoms with Gasteiger partial charge in [-0.3, -0.25) is 9.59 Å². The minimum absolute atomic E-state index is 0.0306. The lowest BCUT2D eigenvalue weighted by molar-refractivity contribution is -0.145. The third kappa shape index (κ3) is 19.7. The Hall–Kier alpha value is -1.06. The number of hydrogen-bond acceptors (Lipinski definition) is 4. The van der Waals surface area contributed by atoms with Crippen molar-refractivity contribution in [3.8, 4) is 0 Å². The summed E-state index contributed by atoms with van der Waals surface area (Å²) in [6.45, 7) is 7.51. The Kier molecular flexibility index (Phi) is 19.9. The van der Waals surface area contributed by atoms with E-state index in [1.165, 1.54) is 44.9 Å². The van der Waals surface area contributed by atoms with E-state index in [1.54, 1.807) is 0 Å². The largest absolute Gasteiger partial charge is 0.466 e. The third-order valence-electron chi connectivity index (χ3n) is 5.11. The maximum absolute atomic E-state index is 11.7. The first kappa shape index (κ1) is 26.9. The number of carbonyl (C=O) groups excluding carboxylic acids is 2. The van der Waals surface area contributed by atoms with Crippen molar-refractivity contribution in [3.05, 3.63) is 0 Å². The van der Waals surface area contributed by atoms with Gasteiger partial charge in [0, 0.05) is 12.8 Å². The van der Waals surface area contributed by atoms with E-state index in [-0.39, 0.29) is 11.9 Å². The Balaban J connectivity index is 3.30. The third-order valence-corrected chi connectivity index (χ3v) is 5.11. The van der Waals surface area contributed by atoms with Crippen molar-refractivity contribution >= 4 is 11.9 Å². The van der Waals surface area contributed by atoms with Crippen molar-refractivity contribution in [3.63, 3.8) is 0 Å². The standard InChI is InChI=1S/C24H46O4/c1-4-6-19-27-23(25)18-16-14-12-10-8-9-11-13-15-17-22(3)21-24(26)28-20-7-5-2/h22H,4-21H2,1-3H3. The molecule has 0 amide bonds. The first-order valence-electron chi connectivity index (χ1n) is 11.9. The Morgan fingerprint density at radius 2 is 1.11 bits per heavy atom. The molecule has 0 aromatic carbocycles. The molecule has 0 fully saturated rings. The minimum Gasteiger partial charge on any atom is -0.466 e. The zero-order chi connectivity index (χ0) is 20.9. The van der Waals surface area contributed by atoms with Gasteiger partial charge >= 0.3 is 11.9 Å². The van der Waals surface area contributed by atoms with E-state index >= 15 is 0 Å². The van der Waals surface area contributed by atoms with Crippen LogP contribution in [-0.4, -0.2) is 25.2 Å². The molecule has 28 heavy (non-hydrogen) atoms. The van der Waals surface area contributed by atoms with Gasteiger partial charge in [0.05, 0.1) is 13.2 Å². The van der Waals surface area contributed by atoms with Gasteiger partial charge in [-0.15, -0.1) is 0 Å². The quantitative estimate of drug-likeness (QED) is 0.164. The number of rotatable bonds is 20. The van der Waals surface area contributed by atoms with E-state index in [4.69, 9.17) is 9.47 Å². The SMILES string of the molecule is CCCCOC(=O)CCCCCCCCCCCC(C)CC(=O)OCCCC. The van der Waals surface area contributed by atoms with Crippen molar-refractivity contribution in [2.45, 2.75) is 124 Å². The number of carbonyl (C=O) groups is 2. The van der Waals surface area contributed by atoms with Crippen molar-refractivity contribution < 1.29 is 19.1 Å². The van der Waals surface area contributed by atoms with Crippen LogP contribution in [0.1, 0.15) is 124 Å². The summed E-state index contributed by atoms with van der Waals surface area (Å²) in [7, 11) is 0. The fraction of sp³-hybridized carbons (Fsp3) is 0.917. The van der Waals surface area contributed by atoms with Crippen molar-refractivity contribution in [1.82, 2.24) is 0 Å². The van der Waals surface area contributed by atoms with Crippen LogP contribution in [-0.2, 0) is 19.1 Å². The van der Waals surface area contributed by atoms with Gasteiger partial charge in [0.15, 0.2) is 0 Å². The lowest BCUT2D eigenvalue weighted by Gasteiger charge is -2.11. The van der Waals surface area contributed by atoms with E-state index in [9.17, 15) is 9.59 Å². The van der Waals surface area contributed by atoms with E-state index in [2.05, 4.69) is 20.8 Å². The highest BCUT2D eigenvalue weighted by Gasteiger charge is 2.09. The fourth-order valence-corrected chi connectivity index (χ4v) is 3.18. The molecule has 0 aliphatic heterocycles. The molecule has 0 radical (unpaired) electrons. The number of hydrogen-bond donors (Lipinski definition) is 0. The van der Waals surface area contributed by atoms with Crippen molar-refractivity contribution in [2.75, 3.05) is 13.2 Å². The van der Waals surface area contributed by atoms with Gasteiger partial charge in [-0.05, 0) is 25.2 Å². The highest BCUT2D eigenvalue weighted by atomic mass is 16.5. The molecular formula is C24H46O4. The van der Waals surface area contributed by atoms with Crippen LogP contribution in [0.5, 0.6) is 0 Å². The molecule has 0 rings (SSSR count). The van der Waals surface area contributed by atoms with Crippen LogP contribution in [0.15, 0.2) is 0 Å². The highest BCUT2D eigenvalue weighted by Crippen LogP contribution is 2.16. The van der Waals surface area contributed by atoms with E-state index < -0.39 is 0 Å². The maximum atomic E-state index is 11.7. The summed E-state index contributed by atoms with van der Waals surface area (Å²) in [6, 6.07) is 0. The van der Waals surface area contributed by atoms with Crippen LogP contribution in [0.3, 0.4) is 0 Å². The average molecular weight is 399 g/mol. The van der Waals surface area contributed by atoms with Crippen LogP contribution < -0.4 is 0 Å². The van der Waals surface area contributed by atoms with E-state index in [0.29, 0.717) is 32.0 Å². The van der Waals surface area contributed by atoms with Crippen LogP contribution in [0.25, 0.3) is 0 Å². The van der Waals surface area contributed by atoms with Gasteiger partial charge in [0.1, 0.15) is 0 Å². The molecule has 0 saturated carbocycles. The second-order valence-corrected chi connectivity index (χ2v) is 8.18. The summed E-state index contributed by atoms with van der Waals surface area (Å²) in [6.07, 6.45) is 17.3. The average Bonchev–Trinajstić information content (AvgIpc) is 2.66. The summed E-state index contributed by atoms with van der Waals surface area (Å²) < 4.78 is 10.4. The molecular weight excluding hydrogens is 352 g/mol. The summed E-state index contributed by atoms with van der Waals surface area (Å²) in [5.74, 6) is 0.370. The lowest BCUT2D eigenvalue weighted by atomic mass is 9.99. The Bertz CT molecular complexity index is 368. The molecule has 166 valence electrons. The predicted octanol–water partition coefficient (Wildman–Crippen LogP) is 6.99. The Morgan fingerprint density at radius 3 is 1.64 bits per heavy atom. The zero-order valence-corrected chi connectivity index (χ0v) is 18.9. The maximum Gasteiger partial charge on any atom is 0.306 e. The monoisotopic (exact) mass is 398 g/mol.